The summed E-state index contributed by atoms with van der Waals surface area (Å²) in [5.74, 6) is -0.972. The largest absolute Gasteiger partial charge is 0.343 e. The van der Waals surface area contributed by atoms with Crippen LogP contribution in [0.5, 0.6) is 0 Å². The van der Waals surface area contributed by atoms with E-state index in [4.69, 9.17) is 11.6 Å². The van der Waals surface area contributed by atoms with Gasteiger partial charge in [-0.05, 0) is 43.7 Å². The van der Waals surface area contributed by atoms with Crippen molar-refractivity contribution in [2.24, 2.45) is 0 Å². The summed E-state index contributed by atoms with van der Waals surface area (Å²) in [5.41, 5.74) is 0.311. The Morgan fingerprint density at radius 1 is 1.10 bits per heavy atom. The van der Waals surface area contributed by atoms with Crippen molar-refractivity contribution in [3.8, 4) is 0 Å². The summed E-state index contributed by atoms with van der Waals surface area (Å²) in [5, 5.41) is 3.46. The normalized spacial score (nSPS) is 11.2. The second kappa shape index (κ2) is 5.63. The van der Waals surface area contributed by atoms with E-state index < -0.39 is 17.3 Å². The highest BCUT2D eigenvalue weighted by atomic mass is 35.5. The van der Waals surface area contributed by atoms with E-state index in [-0.39, 0.29) is 5.56 Å². The first-order valence-electron chi connectivity index (χ1n) is 6.23. The van der Waals surface area contributed by atoms with Gasteiger partial charge in [0.1, 0.15) is 5.82 Å². The molecule has 0 saturated carbocycles. The molecule has 1 N–H and O–H groups in total. The molecular formula is C16H15ClFNO. The lowest BCUT2D eigenvalue weighted by atomic mass is 9.94. The topological polar surface area (TPSA) is 29.1 Å². The van der Waals surface area contributed by atoms with E-state index in [1.54, 1.807) is 24.3 Å². The lowest BCUT2D eigenvalue weighted by molar-refractivity contribution is 0.0908. The maximum Gasteiger partial charge on any atom is 0.254 e. The molecule has 0 heterocycles. The molecule has 0 aromatic heterocycles. The van der Waals surface area contributed by atoms with Gasteiger partial charge in [-0.3, -0.25) is 4.79 Å². The Morgan fingerprint density at radius 3 is 2.30 bits per heavy atom. The Bertz CT molecular complexity index is 623. The van der Waals surface area contributed by atoms with Crippen molar-refractivity contribution in [2.75, 3.05) is 0 Å². The molecule has 2 aromatic carbocycles. The summed E-state index contributed by atoms with van der Waals surface area (Å²) in [7, 11) is 0. The van der Waals surface area contributed by atoms with Gasteiger partial charge in [0.05, 0.1) is 11.1 Å². The molecule has 0 radical (unpaired) electrons. The highest BCUT2D eigenvalue weighted by molar-refractivity contribution is 6.30. The number of nitrogens with one attached hydrogen (secondary N) is 1. The smallest absolute Gasteiger partial charge is 0.254 e. The molecule has 2 nitrogen and oxygen atoms in total. The van der Waals surface area contributed by atoms with Gasteiger partial charge in [-0.2, -0.15) is 0 Å². The average Bonchev–Trinajstić information content (AvgIpc) is 2.39. The van der Waals surface area contributed by atoms with Crippen LogP contribution in [0.3, 0.4) is 0 Å². The minimum atomic E-state index is -0.621. The molecular weight excluding hydrogens is 277 g/mol. The summed E-state index contributed by atoms with van der Waals surface area (Å²) >= 11 is 5.85. The summed E-state index contributed by atoms with van der Waals surface area (Å²) < 4.78 is 13.6. The zero-order valence-corrected chi connectivity index (χ0v) is 12.0. The Balaban J connectivity index is 2.22. The monoisotopic (exact) mass is 291 g/mol. The Labute approximate surface area is 122 Å². The number of carbonyl (C=O) groups is 1. The number of benzene rings is 2. The molecule has 0 spiro atoms. The van der Waals surface area contributed by atoms with Crippen LogP contribution in [0.2, 0.25) is 5.02 Å². The van der Waals surface area contributed by atoms with Crippen LogP contribution in [-0.4, -0.2) is 5.91 Å². The third-order valence-electron chi connectivity index (χ3n) is 3.11. The SMILES string of the molecule is CC(C)(NC(=O)c1ccccc1F)c1ccc(Cl)cc1. The minimum Gasteiger partial charge on any atom is -0.343 e. The zero-order valence-electron chi connectivity index (χ0n) is 11.3. The fourth-order valence-corrected chi connectivity index (χ4v) is 2.06. The Kier molecular flexibility index (Phi) is 4.09. The molecule has 0 unspecified atom stereocenters. The maximum atomic E-state index is 13.6. The first-order valence-corrected chi connectivity index (χ1v) is 6.61. The van der Waals surface area contributed by atoms with E-state index in [9.17, 15) is 9.18 Å². The highest BCUT2D eigenvalue weighted by Crippen LogP contribution is 2.22. The van der Waals surface area contributed by atoms with Crippen LogP contribution in [0.4, 0.5) is 4.39 Å². The molecule has 0 aliphatic rings. The van der Waals surface area contributed by atoms with Crippen molar-refractivity contribution < 1.29 is 9.18 Å². The van der Waals surface area contributed by atoms with Crippen molar-refractivity contribution in [1.29, 1.82) is 0 Å². The first kappa shape index (κ1) is 14.5. The predicted octanol–water partition coefficient (Wildman–Crippen LogP) is 4.14. The van der Waals surface area contributed by atoms with Crippen molar-refractivity contribution in [3.05, 3.63) is 70.5 Å². The van der Waals surface area contributed by atoms with Crippen molar-refractivity contribution in [2.45, 2.75) is 19.4 Å². The van der Waals surface area contributed by atoms with Gasteiger partial charge < -0.3 is 5.32 Å². The molecule has 0 bridgehead atoms. The van der Waals surface area contributed by atoms with Gasteiger partial charge in [-0.1, -0.05) is 35.9 Å². The Morgan fingerprint density at radius 2 is 1.70 bits per heavy atom. The van der Waals surface area contributed by atoms with E-state index in [0.717, 1.165) is 5.56 Å². The van der Waals surface area contributed by atoms with Gasteiger partial charge in [-0.15, -0.1) is 0 Å². The van der Waals surface area contributed by atoms with E-state index >= 15 is 0 Å². The summed E-state index contributed by atoms with van der Waals surface area (Å²) in [6.45, 7) is 3.71. The van der Waals surface area contributed by atoms with Crippen LogP contribution in [0, 0.1) is 5.82 Å². The van der Waals surface area contributed by atoms with E-state index in [1.165, 1.54) is 12.1 Å². The highest BCUT2D eigenvalue weighted by Gasteiger charge is 2.24. The molecule has 0 aliphatic carbocycles. The van der Waals surface area contributed by atoms with Gasteiger partial charge in [0, 0.05) is 5.02 Å². The second-order valence-corrected chi connectivity index (χ2v) is 5.50. The number of hydrogen-bond donors (Lipinski definition) is 1. The predicted molar refractivity (Wildman–Crippen MR) is 78.3 cm³/mol. The molecule has 0 aliphatic heterocycles. The number of halogens is 2. The molecule has 2 aromatic rings. The molecule has 0 saturated heterocycles. The average molecular weight is 292 g/mol. The van der Waals surface area contributed by atoms with Crippen LogP contribution >= 0.6 is 11.6 Å². The van der Waals surface area contributed by atoms with Crippen LogP contribution in [0.1, 0.15) is 29.8 Å². The van der Waals surface area contributed by atoms with E-state index in [1.807, 2.05) is 26.0 Å². The molecule has 4 heteroatoms. The first-order chi connectivity index (χ1) is 9.40. The van der Waals surface area contributed by atoms with Gasteiger partial charge in [0.2, 0.25) is 0 Å². The third-order valence-corrected chi connectivity index (χ3v) is 3.36. The minimum absolute atomic E-state index is 0.0366. The number of rotatable bonds is 3. The van der Waals surface area contributed by atoms with Crippen molar-refractivity contribution in [3.63, 3.8) is 0 Å². The fraction of sp³-hybridized carbons (Fsp3) is 0.188. The lowest BCUT2D eigenvalue weighted by Crippen LogP contribution is -2.41. The molecule has 2 rings (SSSR count). The molecule has 0 fully saturated rings. The summed E-state index contributed by atoms with van der Waals surface area (Å²) in [4.78, 5) is 12.1. The molecule has 1 amide bonds. The molecule has 0 atom stereocenters. The van der Waals surface area contributed by atoms with Crippen LogP contribution in [-0.2, 0) is 5.54 Å². The zero-order chi connectivity index (χ0) is 14.8. The van der Waals surface area contributed by atoms with Crippen molar-refractivity contribution in [1.82, 2.24) is 5.32 Å². The lowest BCUT2D eigenvalue weighted by Gasteiger charge is -2.27. The summed E-state index contributed by atoms with van der Waals surface area (Å²) in [6.07, 6.45) is 0. The maximum absolute atomic E-state index is 13.6. The molecule has 104 valence electrons. The van der Waals surface area contributed by atoms with Crippen LogP contribution in [0.15, 0.2) is 48.5 Å². The quantitative estimate of drug-likeness (QED) is 0.904. The molecule has 20 heavy (non-hydrogen) atoms. The third kappa shape index (κ3) is 3.17. The van der Waals surface area contributed by atoms with Gasteiger partial charge >= 0.3 is 0 Å². The number of hydrogen-bond acceptors (Lipinski definition) is 1. The van der Waals surface area contributed by atoms with Crippen LogP contribution < -0.4 is 5.32 Å². The Hall–Kier alpha value is -1.87. The number of amides is 1. The van der Waals surface area contributed by atoms with Gasteiger partial charge in [0.25, 0.3) is 5.91 Å². The number of carbonyl (C=O) groups excluding carboxylic acids is 1. The second-order valence-electron chi connectivity index (χ2n) is 5.07. The van der Waals surface area contributed by atoms with E-state index in [2.05, 4.69) is 5.32 Å². The van der Waals surface area contributed by atoms with Gasteiger partial charge in [-0.25, -0.2) is 4.39 Å². The fourth-order valence-electron chi connectivity index (χ4n) is 1.94. The summed E-state index contributed by atoms with van der Waals surface area (Å²) in [6, 6.07) is 13.1. The van der Waals surface area contributed by atoms with Gasteiger partial charge in [0.15, 0.2) is 0 Å². The van der Waals surface area contributed by atoms with Crippen molar-refractivity contribution >= 4 is 17.5 Å². The van der Waals surface area contributed by atoms with E-state index in [0.29, 0.717) is 5.02 Å². The standard InChI is InChI=1S/C16H15ClFNO/c1-16(2,11-7-9-12(17)10-8-11)19-15(20)13-5-3-4-6-14(13)18/h3-10H,1-2H3,(H,19,20). The van der Waals surface area contributed by atoms with Crippen LogP contribution in [0.25, 0.3) is 0 Å².